The van der Waals surface area contributed by atoms with E-state index in [1.165, 1.54) is 0 Å². The SMILES string of the molecule is O=C(Nc1ccc2oc(=O)[nH]c2c1)c1nn[nH]n1. The monoisotopic (exact) mass is 246 g/mol. The van der Waals surface area contributed by atoms with Gasteiger partial charge in [-0.1, -0.05) is 0 Å². The molecule has 2 aromatic heterocycles. The highest BCUT2D eigenvalue weighted by Crippen LogP contribution is 2.16. The predicted molar refractivity (Wildman–Crippen MR) is 59.0 cm³/mol. The number of rotatable bonds is 2. The van der Waals surface area contributed by atoms with E-state index in [9.17, 15) is 9.59 Å². The molecule has 0 bridgehead atoms. The Morgan fingerprint density at radius 3 is 3.06 bits per heavy atom. The van der Waals surface area contributed by atoms with Crippen LogP contribution in [0.15, 0.2) is 27.4 Å². The number of hydrogen-bond donors (Lipinski definition) is 3. The maximum absolute atomic E-state index is 11.6. The molecular formula is C9H6N6O3. The first-order valence-corrected chi connectivity index (χ1v) is 4.90. The average Bonchev–Trinajstić information content (AvgIpc) is 2.95. The van der Waals surface area contributed by atoms with E-state index in [0.717, 1.165) is 0 Å². The van der Waals surface area contributed by atoms with Crippen molar-refractivity contribution in [1.82, 2.24) is 25.6 Å². The molecule has 90 valence electrons. The molecule has 3 N–H and O–H groups in total. The number of aromatic amines is 2. The Morgan fingerprint density at radius 1 is 1.39 bits per heavy atom. The van der Waals surface area contributed by atoms with Crippen molar-refractivity contribution in [3.05, 3.63) is 34.6 Å². The number of fused-ring (bicyclic) bond motifs is 1. The summed E-state index contributed by atoms with van der Waals surface area (Å²) in [6, 6.07) is 4.73. The molecule has 0 atom stereocenters. The number of anilines is 1. The lowest BCUT2D eigenvalue weighted by atomic mass is 10.3. The first-order chi connectivity index (χ1) is 8.72. The van der Waals surface area contributed by atoms with Gasteiger partial charge in [0.05, 0.1) is 5.52 Å². The Labute approximate surface area is 98.2 Å². The number of benzene rings is 1. The number of carbonyl (C=O) groups excluding carboxylic acids is 1. The Bertz CT molecular complexity index is 756. The quantitative estimate of drug-likeness (QED) is 0.578. The van der Waals surface area contributed by atoms with Crippen LogP contribution in [0.4, 0.5) is 5.69 Å². The third kappa shape index (κ3) is 1.73. The molecule has 0 unspecified atom stereocenters. The van der Waals surface area contributed by atoms with Gasteiger partial charge in [0.15, 0.2) is 5.58 Å². The molecule has 0 fully saturated rings. The van der Waals surface area contributed by atoms with Crippen LogP contribution in [0.2, 0.25) is 0 Å². The minimum atomic E-state index is -0.549. The lowest BCUT2D eigenvalue weighted by molar-refractivity contribution is 0.101. The van der Waals surface area contributed by atoms with Crippen LogP contribution in [-0.2, 0) is 0 Å². The number of carbonyl (C=O) groups is 1. The Balaban J connectivity index is 1.91. The number of oxazole rings is 1. The zero-order valence-electron chi connectivity index (χ0n) is 8.80. The van der Waals surface area contributed by atoms with E-state index in [1.54, 1.807) is 18.2 Å². The number of amides is 1. The highest BCUT2D eigenvalue weighted by molar-refractivity contribution is 6.02. The molecule has 1 amide bonds. The molecule has 9 nitrogen and oxygen atoms in total. The van der Waals surface area contributed by atoms with Gasteiger partial charge < -0.3 is 9.73 Å². The molecule has 18 heavy (non-hydrogen) atoms. The van der Waals surface area contributed by atoms with Gasteiger partial charge in [0, 0.05) is 5.69 Å². The lowest BCUT2D eigenvalue weighted by Crippen LogP contribution is -2.13. The van der Waals surface area contributed by atoms with Crippen molar-refractivity contribution in [3.8, 4) is 0 Å². The molecule has 0 saturated heterocycles. The van der Waals surface area contributed by atoms with Crippen LogP contribution in [-0.4, -0.2) is 31.5 Å². The van der Waals surface area contributed by atoms with Crippen LogP contribution in [0.5, 0.6) is 0 Å². The fraction of sp³-hybridized carbons (Fsp3) is 0. The summed E-state index contributed by atoms with van der Waals surface area (Å²) in [5, 5.41) is 15.1. The summed E-state index contributed by atoms with van der Waals surface area (Å²) in [7, 11) is 0. The Kier molecular flexibility index (Phi) is 2.15. The third-order valence-corrected chi connectivity index (χ3v) is 2.23. The third-order valence-electron chi connectivity index (χ3n) is 2.23. The maximum atomic E-state index is 11.6. The largest absolute Gasteiger partial charge is 0.417 e. The maximum Gasteiger partial charge on any atom is 0.417 e. The van der Waals surface area contributed by atoms with Crippen LogP contribution in [0.1, 0.15) is 10.6 Å². The van der Waals surface area contributed by atoms with E-state index in [2.05, 4.69) is 30.9 Å². The summed E-state index contributed by atoms with van der Waals surface area (Å²) in [5.41, 5.74) is 1.39. The summed E-state index contributed by atoms with van der Waals surface area (Å²) >= 11 is 0. The van der Waals surface area contributed by atoms with Gasteiger partial charge in [-0.3, -0.25) is 9.78 Å². The summed E-state index contributed by atoms with van der Waals surface area (Å²) in [5.74, 6) is -1.13. The molecule has 3 aromatic rings. The standard InChI is InChI=1S/C9H6N6O3/c16-8(7-12-14-15-13-7)10-4-1-2-6-5(3-4)11-9(17)18-6/h1-3H,(H,10,16)(H,11,17)(H,12,13,14,15). The highest BCUT2D eigenvalue weighted by atomic mass is 16.4. The molecule has 0 radical (unpaired) electrons. The minimum Gasteiger partial charge on any atom is -0.408 e. The zero-order valence-corrected chi connectivity index (χ0v) is 8.80. The molecule has 0 saturated carbocycles. The average molecular weight is 246 g/mol. The van der Waals surface area contributed by atoms with Crippen LogP contribution >= 0.6 is 0 Å². The van der Waals surface area contributed by atoms with Gasteiger partial charge in [-0.15, -0.1) is 10.2 Å². The number of tetrazole rings is 1. The molecule has 9 heteroatoms. The molecule has 1 aromatic carbocycles. The van der Waals surface area contributed by atoms with Crippen molar-refractivity contribution in [2.75, 3.05) is 5.32 Å². The van der Waals surface area contributed by atoms with Crippen molar-refractivity contribution in [2.24, 2.45) is 0 Å². The van der Waals surface area contributed by atoms with Crippen LogP contribution < -0.4 is 11.1 Å². The number of H-pyrrole nitrogens is 2. The van der Waals surface area contributed by atoms with Crippen LogP contribution in [0.3, 0.4) is 0 Å². The second-order valence-corrected chi connectivity index (χ2v) is 3.41. The molecule has 3 rings (SSSR count). The number of aromatic nitrogens is 5. The van der Waals surface area contributed by atoms with Gasteiger partial charge in [-0.05, 0) is 23.4 Å². The Hall–Kier alpha value is -2.97. The predicted octanol–water partition coefficient (Wildman–Crippen LogP) is -0.114. The highest BCUT2D eigenvalue weighted by Gasteiger charge is 2.11. The molecular weight excluding hydrogens is 240 g/mol. The van der Waals surface area contributed by atoms with Gasteiger partial charge in [0.2, 0.25) is 0 Å². The van der Waals surface area contributed by atoms with E-state index in [4.69, 9.17) is 4.42 Å². The van der Waals surface area contributed by atoms with Crippen molar-refractivity contribution in [3.63, 3.8) is 0 Å². The molecule has 0 aliphatic heterocycles. The van der Waals surface area contributed by atoms with Crippen molar-refractivity contribution < 1.29 is 9.21 Å². The number of hydrogen-bond acceptors (Lipinski definition) is 6. The molecule has 0 aliphatic rings. The fourth-order valence-corrected chi connectivity index (χ4v) is 1.47. The van der Waals surface area contributed by atoms with Crippen LogP contribution in [0.25, 0.3) is 11.1 Å². The van der Waals surface area contributed by atoms with E-state index in [-0.39, 0.29) is 5.82 Å². The second kappa shape index (κ2) is 3.80. The normalized spacial score (nSPS) is 10.7. The molecule has 2 heterocycles. The van der Waals surface area contributed by atoms with E-state index >= 15 is 0 Å². The number of nitrogens with one attached hydrogen (secondary N) is 3. The van der Waals surface area contributed by atoms with E-state index in [0.29, 0.717) is 16.8 Å². The lowest BCUT2D eigenvalue weighted by Gasteiger charge is -2.00. The second-order valence-electron chi connectivity index (χ2n) is 3.41. The van der Waals surface area contributed by atoms with E-state index in [1.807, 2.05) is 0 Å². The minimum absolute atomic E-state index is 0.0733. The number of nitrogens with zero attached hydrogens (tertiary/aromatic N) is 3. The first-order valence-electron chi connectivity index (χ1n) is 4.90. The van der Waals surface area contributed by atoms with Crippen molar-refractivity contribution in [1.29, 1.82) is 0 Å². The van der Waals surface area contributed by atoms with Gasteiger partial charge in [0.25, 0.3) is 11.7 Å². The topological polar surface area (TPSA) is 130 Å². The summed E-state index contributed by atoms with van der Waals surface area (Å²) in [4.78, 5) is 25.1. The zero-order chi connectivity index (χ0) is 12.5. The Morgan fingerprint density at radius 2 is 2.28 bits per heavy atom. The molecule has 0 spiro atoms. The van der Waals surface area contributed by atoms with Crippen molar-refractivity contribution in [2.45, 2.75) is 0 Å². The van der Waals surface area contributed by atoms with Crippen molar-refractivity contribution >= 4 is 22.7 Å². The van der Waals surface area contributed by atoms with Gasteiger partial charge in [-0.2, -0.15) is 5.21 Å². The summed E-state index contributed by atoms with van der Waals surface area (Å²) in [6.45, 7) is 0. The fourth-order valence-electron chi connectivity index (χ4n) is 1.47. The van der Waals surface area contributed by atoms with Crippen LogP contribution in [0, 0.1) is 0 Å². The summed E-state index contributed by atoms with van der Waals surface area (Å²) < 4.78 is 4.84. The smallest absolute Gasteiger partial charge is 0.408 e. The van der Waals surface area contributed by atoms with Gasteiger partial charge in [-0.25, -0.2) is 4.79 Å². The first kappa shape index (κ1) is 10.2. The van der Waals surface area contributed by atoms with Gasteiger partial charge >= 0.3 is 5.76 Å². The summed E-state index contributed by atoms with van der Waals surface area (Å²) in [6.07, 6.45) is 0. The molecule has 0 aliphatic carbocycles. The van der Waals surface area contributed by atoms with Gasteiger partial charge in [0.1, 0.15) is 0 Å². The van der Waals surface area contributed by atoms with E-state index < -0.39 is 11.7 Å².